The van der Waals surface area contributed by atoms with E-state index in [9.17, 15) is 4.79 Å². The van der Waals surface area contributed by atoms with E-state index < -0.39 is 5.97 Å². The lowest BCUT2D eigenvalue weighted by Gasteiger charge is -2.06. The second kappa shape index (κ2) is 14.1. The van der Waals surface area contributed by atoms with Crippen LogP contribution in [0.2, 0.25) is 0 Å². The second-order valence-electron chi connectivity index (χ2n) is 8.02. The highest BCUT2D eigenvalue weighted by atomic mass is 16.5. The number of aryl methyl sites for hydroxylation is 4. The van der Waals surface area contributed by atoms with Crippen LogP contribution in [0.15, 0.2) is 27.4 Å². The summed E-state index contributed by atoms with van der Waals surface area (Å²) in [7, 11) is 1.35. The fourth-order valence-corrected chi connectivity index (χ4v) is 3.36. The standard InChI is InChI=1S/C16H21N3O3.C9H16N2O/c1-4-5-6-14-13(11(2)22-19-14)10-18-15-8-7-12(9-17-15)16(20)21-3;1-3-4-5-9-8(6-10)7(2)12-11-9/h7-9H,4-6,10H2,1-3H3,(H,17,18);3-6,10H2,1-2H3. The molecule has 0 saturated heterocycles. The lowest BCUT2D eigenvalue weighted by molar-refractivity contribution is 0.0600. The Morgan fingerprint density at radius 2 is 1.59 bits per heavy atom. The molecule has 0 fully saturated rings. The van der Waals surface area contributed by atoms with Gasteiger partial charge in [-0.15, -0.1) is 0 Å². The molecule has 34 heavy (non-hydrogen) atoms. The molecular weight excluding hydrogens is 434 g/mol. The molecule has 186 valence electrons. The molecular formula is C25H37N5O4. The Morgan fingerprint density at radius 3 is 2.09 bits per heavy atom. The average Bonchev–Trinajstić information content (AvgIpc) is 3.40. The number of carbonyl (C=O) groups is 1. The van der Waals surface area contributed by atoms with Crippen molar-refractivity contribution in [3.05, 3.63) is 57.9 Å². The van der Waals surface area contributed by atoms with E-state index in [1.807, 2.05) is 13.8 Å². The van der Waals surface area contributed by atoms with Crippen molar-refractivity contribution >= 4 is 11.8 Å². The number of hydrogen-bond donors (Lipinski definition) is 2. The van der Waals surface area contributed by atoms with Crippen molar-refractivity contribution in [1.82, 2.24) is 15.3 Å². The van der Waals surface area contributed by atoms with Gasteiger partial charge in [0.1, 0.15) is 17.3 Å². The van der Waals surface area contributed by atoms with Gasteiger partial charge in [-0.3, -0.25) is 0 Å². The summed E-state index contributed by atoms with van der Waals surface area (Å²) >= 11 is 0. The molecule has 0 spiro atoms. The van der Waals surface area contributed by atoms with E-state index in [-0.39, 0.29) is 0 Å². The summed E-state index contributed by atoms with van der Waals surface area (Å²) in [5, 5.41) is 11.3. The molecule has 9 heteroatoms. The van der Waals surface area contributed by atoms with Crippen LogP contribution in [0.25, 0.3) is 0 Å². The first-order valence-electron chi connectivity index (χ1n) is 11.8. The number of anilines is 1. The highest BCUT2D eigenvalue weighted by Gasteiger charge is 2.13. The van der Waals surface area contributed by atoms with Gasteiger partial charge in [-0.25, -0.2) is 9.78 Å². The zero-order chi connectivity index (χ0) is 24.9. The molecule has 0 aliphatic heterocycles. The first-order valence-corrected chi connectivity index (χ1v) is 11.8. The van der Waals surface area contributed by atoms with Gasteiger partial charge in [-0.2, -0.15) is 0 Å². The van der Waals surface area contributed by atoms with Gasteiger partial charge in [0, 0.05) is 30.4 Å². The maximum Gasteiger partial charge on any atom is 0.339 e. The van der Waals surface area contributed by atoms with E-state index in [4.69, 9.17) is 14.8 Å². The molecule has 0 aromatic carbocycles. The molecule has 0 aliphatic carbocycles. The van der Waals surface area contributed by atoms with E-state index in [0.717, 1.165) is 66.1 Å². The van der Waals surface area contributed by atoms with Crippen molar-refractivity contribution in [2.45, 2.75) is 79.3 Å². The Morgan fingerprint density at radius 1 is 1.00 bits per heavy atom. The number of nitrogens with two attached hydrogens (primary N) is 1. The number of unbranched alkanes of at least 4 members (excludes halogenated alkanes) is 2. The highest BCUT2D eigenvalue weighted by Crippen LogP contribution is 2.18. The molecule has 3 heterocycles. The summed E-state index contributed by atoms with van der Waals surface area (Å²) in [4.78, 5) is 15.6. The Hall–Kier alpha value is -3.20. The van der Waals surface area contributed by atoms with E-state index in [1.54, 1.807) is 12.1 Å². The van der Waals surface area contributed by atoms with Gasteiger partial charge in [0.05, 0.1) is 24.1 Å². The third-order valence-corrected chi connectivity index (χ3v) is 5.50. The first-order chi connectivity index (χ1) is 16.4. The number of esters is 1. The van der Waals surface area contributed by atoms with Gasteiger partial charge in [0.25, 0.3) is 0 Å². The minimum Gasteiger partial charge on any atom is -0.465 e. The van der Waals surface area contributed by atoms with Crippen molar-refractivity contribution < 1.29 is 18.6 Å². The summed E-state index contributed by atoms with van der Waals surface area (Å²) in [6.07, 6.45) is 7.93. The third kappa shape index (κ3) is 7.69. The smallest absolute Gasteiger partial charge is 0.339 e. The van der Waals surface area contributed by atoms with Crippen molar-refractivity contribution in [3.8, 4) is 0 Å². The number of aromatic nitrogens is 3. The number of hydrogen-bond acceptors (Lipinski definition) is 9. The maximum absolute atomic E-state index is 11.4. The zero-order valence-corrected chi connectivity index (χ0v) is 20.9. The highest BCUT2D eigenvalue weighted by molar-refractivity contribution is 5.89. The Balaban J connectivity index is 0.000000287. The quantitative estimate of drug-likeness (QED) is 0.375. The van der Waals surface area contributed by atoms with Crippen LogP contribution >= 0.6 is 0 Å². The molecule has 0 saturated carbocycles. The predicted octanol–water partition coefficient (Wildman–Crippen LogP) is 4.90. The molecule has 9 nitrogen and oxygen atoms in total. The molecule has 0 unspecified atom stereocenters. The number of nitrogens with zero attached hydrogens (tertiary/aromatic N) is 3. The van der Waals surface area contributed by atoms with Gasteiger partial charge in [-0.1, -0.05) is 37.0 Å². The van der Waals surface area contributed by atoms with Crippen LogP contribution in [0.3, 0.4) is 0 Å². The third-order valence-electron chi connectivity index (χ3n) is 5.50. The lowest BCUT2D eigenvalue weighted by Crippen LogP contribution is -2.06. The maximum atomic E-state index is 11.4. The van der Waals surface area contributed by atoms with Gasteiger partial charge >= 0.3 is 5.97 Å². The molecule has 3 rings (SSSR count). The molecule has 0 atom stereocenters. The number of carbonyl (C=O) groups excluding carboxylic acids is 1. The molecule has 3 aromatic rings. The minimum atomic E-state index is -0.393. The van der Waals surface area contributed by atoms with Crippen LogP contribution in [-0.4, -0.2) is 28.4 Å². The topological polar surface area (TPSA) is 129 Å². The number of ether oxygens (including phenoxy) is 1. The number of pyridine rings is 1. The van der Waals surface area contributed by atoms with Crippen LogP contribution < -0.4 is 11.1 Å². The van der Waals surface area contributed by atoms with Crippen LogP contribution in [0.5, 0.6) is 0 Å². The van der Waals surface area contributed by atoms with E-state index >= 15 is 0 Å². The number of rotatable bonds is 11. The first kappa shape index (κ1) is 27.0. The Labute approximate surface area is 201 Å². The summed E-state index contributed by atoms with van der Waals surface area (Å²) in [5.74, 6) is 1.99. The predicted molar refractivity (Wildman–Crippen MR) is 130 cm³/mol. The molecule has 0 aliphatic rings. The average molecular weight is 472 g/mol. The van der Waals surface area contributed by atoms with Gasteiger partial charge in [0.15, 0.2) is 0 Å². The SMILES string of the molecule is CCCCc1noc(C)c1CN.CCCCc1noc(C)c1CNc1ccc(C(=O)OC)cn1. The molecule has 0 amide bonds. The van der Waals surface area contributed by atoms with Crippen molar-refractivity contribution in [3.63, 3.8) is 0 Å². The van der Waals surface area contributed by atoms with Crippen LogP contribution in [0.4, 0.5) is 5.82 Å². The normalized spacial score (nSPS) is 10.5. The fraction of sp³-hybridized carbons (Fsp3) is 0.520. The number of nitrogens with one attached hydrogen (secondary N) is 1. The molecule has 0 radical (unpaired) electrons. The monoisotopic (exact) mass is 471 g/mol. The molecule has 3 aromatic heterocycles. The van der Waals surface area contributed by atoms with Crippen LogP contribution in [-0.2, 0) is 30.7 Å². The van der Waals surface area contributed by atoms with Gasteiger partial charge < -0.3 is 24.8 Å². The fourth-order valence-electron chi connectivity index (χ4n) is 3.36. The molecule has 3 N–H and O–H groups in total. The zero-order valence-electron chi connectivity index (χ0n) is 20.9. The summed E-state index contributed by atoms with van der Waals surface area (Å²) in [5.41, 5.74) is 10.2. The summed E-state index contributed by atoms with van der Waals surface area (Å²) < 4.78 is 15.0. The van der Waals surface area contributed by atoms with Crippen LogP contribution in [0, 0.1) is 13.8 Å². The second-order valence-corrected chi connectivity index (χ2v) is 8.02. The van der Waals surface area contributed by atoms with E-state index in [1.165, 1.54) is 19.7 Å². The van der Waals surface area contributed by atoms with E-state index in [2.05, 4.69) is 39.2 Å². The Bertz CT molecular complexity index is 1010. The van der Waals surface area contributed by atoms with Gasteiger partial charge in [0.2, 0.25) is 0 Å². The summed E-state index contributed by atoms with van der Waals surface area (Å²) in [6, 6.07) is 3.43. The van der Waals surface area contributed by atoms with Crippen LogP contribution in [0.1, 0.15) is 83.9 Å². The van der Waals surface area contributed by atoms with Gasteiger partial charge in [-0.05, 0) is 51.7 Å². The molecule has 0 bridgehead atoms. The number of methoxy groups -OCH3 is 1. The lowest BCUT2D eigenvalue weighted by atomic mass is 10.1. The van der Waals surface area contributed by atoms with Crippen molar-refractivity contribution in [1.29, 1.82) is 0 Å². The van der Waals surface area contributed by atoms with Crippen molar-refractivity contribution in [2.24, 2.45) is 5.73 Å². The Kier molecular flexibility index (Phi) is 11.3. The van der Waals surface area contributed by atoms with Crippen molar-refractivity contribution in [2.75, 3.05) is 12.4 Å². The minimum absolute atomic E-state index is 0.393. The largest absolute Gasteiger partial charge is 0.465 e. The summed E-state index contributed by atoms with van der Waals surface area (Å²) in [6.45, 7) is 9.26. The van der Waals surface area contributed by atoms with E-state index in [0.29, 0.717) is 24.5 Å².